The number of hydrogen-bond donors (Lipinski definition) is 1. The van der Waals surface area contributed by atoms with Gasteiger partial charge in [-0.05, 0) is 25.7 Å². The van der Waals surface area contributed by atoms with Gasteiger partial charge < -0.3 is 5.11 Å². The maximum absolute atomic E-state index is 9.96. The molecule has 74 valence electrons. The Morgan fingerprint density at radius 3 is 2.31 bits per heavy atom. The van der Waals surface area contributed by atoms with Gasteiger partial charge in [-0.25, -0.2) is 0 Å². The summed E-state index contributed by atoms with van der Waals surface area (Å²) in [6, 6.07) is 0. The maximum atomic E-state index is 9.96. The molecule has 0 aromatic rings. The molecule has 0 aliphatic heterocycles. The molecule has 13 heavy (non-hydrogen) atoms. The molecular weight excluding hydrogens is 176 g/mol. The van der Waals surface area contributed by atoms with Crippen LogP contribution in [0.5, 0.6) is 0 Å². The summed E-state index contributed by atoms with van der Waals surface area (Å²) in [5.41, 5.74) is 2.77. The third-order valence-corrected chi connectivity index (χ3v) is 3.29. The van der Waals surface area contributed by atoms with Crippen molar-refractivity contribution in [3.05, 3.63) is 0 Å². The Morgan fingerprint density at radius 2 is 1.92 bits per heavy atom. The molecule has 0 amide bonds. The van der Waals surface area contributed by atoms with Gasteiger partial charge in [-0.1, -0.05) is 19.6 Å². The predicted molar refractivity (Wildman–Crippen MR) is 59.1 cm³/mol. The molecule has 1 nitrogen and oxygen atoms in total. The van der Waals surface area contributed by atoms with E-state index in [4.69, 9.17) is 0 Å². The molecule has 0 radical (unpaired) electrons. The highest BCUT2D eigenvalue weighted by atomic mass is 28.3. The summed E-state index contributed by atoms with van der Waals surface area (Å²) in [7, 11) is -1.24. The molecule has 1 N–H and O–H groups in total. The number of rotatable bonds is 2. The van der Waals surface area contributed by atoms with E-state index in [1.165, 1.54) is 12.8 Å². The van der Waals surface area contributed by atoms with Gasteiger partial charge >= 0.3 is 0 Å². The van der Waals surface area contributed by atoms with Crippen LogP contribution in [-0.4, -0.2) is 18.8 Å². The van der Waals surface area contributed by atoms with Crippen LogP contribution >= 0.6 is 0 Å². The molecule has 1 aliphatic rings. The van der Waals surface area contributed by atoms with Crippen LogP contribution in [0.3, 0.4) is 0 Å². The fraction of sp³-hybridized carbons (Fsp3) is 0.818. The van der Waals surface area contributed by atoms with Crippen molar-refractivity contribution in [2.45, 2.75) is 51.4 Å². The van der Waals surface area contributed by atoms with Crippen LogP contribution in [0.2, 0.25) is 19.6 Å². The van der Waals surface area contributed by atoms with Crippen LogP contribution in [0.1, 0.15) is 26.2 Å². The van der Waals surface area contributed by atoms with E-state index in [0.29, 0.717) is 12.3 Å². The number of aliphatic hydroxyl groups is 1. The van der Waals surface area contributed by atoms with E-state index in [1.807, 2.05) is 6.92 Å². The van der Waals surface area contributed by atoms with Gasteiger partial charge in [0.25, 0.3) is 0 Å². The summed E-state index contributed by atoms with van der Waals surface area (Å²) in [5.74, 6) is 3.67. The highest BCUT2D eigenvalue weighted by Crippen LogP contribution is 2.40. The first-order valence-electron chi connectivity index (χ1n) is 5.04. The van der Waals surface area contributed by atoms with Crippen molar-refractivity contribution < 1.29 is 5.11 Å². The van der Waals surface area contributed by atoms with Crippen molar-refractivity contribution in [2.75, 3.05) is 0 Å². The molecule has 2 heteroatoms. The monoisotopic (exact) mass is 196 g/mol. The zero-order valence-corrected chi connectivity index (χ0v) is 10.1. The zero-order valence-electron chi connectivity index (χ0n) is 9.15. The number of hydrogen-bond acceptors (Lipinski definition) is 1. The lowest BCUT2D eigenvalue weighted by molar-refractivity contribution is 0.0421. The van der Waals surface area contributed by atoms with Crippen molar-refractivity contribution >= 4 is 8.07 Å². The van der Waals surface area contributed by atoms with Gasteiger partial charge in [0.1, 0.15) is 8.07 Å². The lowest BCUT2D eigenvalue weighted by Gasteiger charge is -2.19. The molecule has 1 atom stereocenters. The Kier molecular flexibility index (Phi) is 2.89. The lowest BCUT2D eigenvalue weighted by Crippen LogP contribution is -2.26. The van der Waals surface area contributed by atoms with Crippen LogP contribution in [0.4, 0.5) is 0 Å². The van der Waals surface area contributed by atoms with Crippen molar-refractivity contribution in [3.8, 4) is 11.5 Å². The van der Waals surface area contributed by atoms with Gasteiger partial charge in [0.05, 0.1) is 5.60 Å². The SMILES string of the molecule is C[C@@](O)(CC#C[Si](C)(C)C)C1CC1. The summed E-state index contributed by atoms with van der Waals surface area (Å²) in [6.45, 7) is 8.60. The van der Waals surface area contributed by atoms with Crippen molar-refractivity contribution in [2.24, 2.45) is 5.92 Å². The Labute approximate surface area is 82.6 Å². The summed E-state index contributed by atoms with van der Waals surface area (Å²) in [5, 5.41) is 9.96. The average molecular weight is 196 g/mol. The molecule has 1 fully saturated rings. The molecule has 0 aromatic carbocycles. The van der Waals surface area contributed by atoms with Crippen LogP contribution in [0.25, 0.3) is 0 Å². The standard InChI is InChI=1S/C11H20OSi/c1-11(12,10-6-7-10)8-5-9-13(2,3)4/h10,12H,6-8H2,1-4H3/t11-/m1/s1. The van der Waals surface area contributed by atoms with E-state index < -0.39 is 13.7 Å². The van der Waals surface area contributed by atoms with Crippen LogP contribution in [-0.2, 0) is 0 Å². The predicted octanol–water partition coefficient (Wildman–Crippen LogP) is 2.42. The quantitative estimate of drug-likeness (QED) is 0.531. The summed E-state index contributed by atoms with van der Waals surface area (Å²) < 4.78 is 0. The fourth-order valence-electron chi connectivity index (χ4n) is 1.34. The first kappa shape index (κ1) is 10.8. The molecule has 0 heterocycles. The Bertz CT molecular complexity index is 235. The third kappa shape index (κ3) is 3.97. The first-order chi connectivity index (χ1) is 5.81. The summed E-state index contributed by atoms with van der Waals surface area (Å²) >= 11 is 0. The van der Waals surface area contributed by atoms with E-state index in [2.05, 4.69) is 31.1 Å². The minimum atomic E-state index is -1.24. The highest BCUT2D eigenvalue weighted by Gasteiger charge is 2.39. The average Bonchev–Trinajstić information content (AvgIpc) is 2.62. The van der Waals surface area contributed by atoms with Crippen molar-refractivity contribution in [1.82, 2.24) is 0 Å². The second-order valence-electron chi connectivity index (χ2n) is 5.36. The van der Waals surface area contributed by atoms with Gasteiger partial charge in [-0.3, -0.25) is 0 Å². The third-order valence-electron chi connectivity index (χ3n) is 2.37. The van der Waals surface area contributed by atoms with E-state index in [0.717, 1.165) is 0 Å². The van der Waals surface area contributed by atoms with Crippen LogP contribution in [0, 0.1) is 17.4 Å². The summed E-state index contributed by atoms with van der Waals surface area (Å²) in [6.07, 6.45) is 3.02. The summed E-state index contributed by atoms with van der Waals surface area (Å²) in [4.78, 5) is 0. The minimum Gasteiger partial charge on any atom is -0.389 e. The van der Waals surface area contributed by atoms with Crippen molar-refractivity contribution in [3.63, 3.8) is 0 Å². The molecular formula is C11H20OSi. The Hall–Kier alpha value is -0.263. The zero-order chi connectivity index (χ0) is 10.1. The Morgan fingerprint density at radius 1 is 1.38 bits per heavy atom. The molecule has 0 aromatic heterocycles. The molecule has 0 saturated heterocycles. The van der Waals surface area contributed by atoms with Gasteiger partial charge in [0.15, 0.2) is 0 Å². The topological polar surface area (TPSA) is 20.2 Å². The Balaban J connectivity index is 2.43. The van der Waals surface area contributed by atoms with Crippen molar-refractivity contribution in [1.29, 1.82) is 0 Å². The smallest absolute Gasteiger partial charge is 0.129 e. The largest absolute Gasteiger partial charge is 0.389 e. The second-order valence-corrected chi connectivity index (χ2v) is 10.1. The molecule has 1 saturated carbocycles. The van der Waals surface area contributed by atoms with E-state index in [1.54, 1.807) is 0 Å². The normalized spacial score (nSPS) is 21.6. The van der Waals surface area contributed by atoms with E-state index >= 15 is 0 Å². The molecule has 0 bridgehead atoms. The van der Waals surface area contributed by atoms with E-state index in [9.17, 15) is 5.11 Å². The van der Waals surface area contributed by atoms with Gasteiger partial charge in [-0.2, -0.15) is 0 Å². The van der Waals surface area contributed by atoms with Gasteiger partial charge in [0.2, 0.25) is 0 Å². The fourth-order valence-corrected chi connectivity index (χ4v) is 1.96. The van der Waals surface area contributed by atoms with Crippen LogP contribution < -0.4 is 0 Å². The lowest BCUT2D eigenvalue weighted by atomic mass is 9.97. The maximum Gasteiger partial charge on any atom is 0.129 e. The van der Waals surface area contributed by atoms with Crippen LogP contribution in [0.15, 0.2) is 0 Å². The van der Waals surface area contributed by atoms with E-state index in [-0.39, 0.29) is 0 Å². The first-order valence-corrected chi connectivity index (χ1v) is 8.54. The highest BCUT2D eigenvalue weighted by molar-refractivity contribution is 6.83. The minimum absolute atomic E-state index is 0.517. The molecule has 0 unspecified atom stereocenters. The van der Waals surface area contributed by atoms with Gasteiger partial charge in [-0.15, -0.1) is 11.5 Å². The molecule has 0 spiro atoms. The molecule has 1 rings (SSSR count). The molecule has 1 aliphatic carbocycles. The van der Waals surface area contributed by atoms with Gasteiger partial charge in [0, 0.05) is 6.42 Å². The second kappa shape index (κ2) is 3.47.